The fraction of sp³-hybridized carbons (Fsp3) is 0.385. The predicted molar refractivity (Wildman–Crippen MR) is 60.6 cm³/mol. The Labute approximate surface area is 95.7 Å². The summed E-state index contributed by atoms with van der Waals surface area (Å²) in [6.45, 7) is 3.33. The van der Waals surface area contributed by atoms with Gasteiger partial charge in [0.25, 0.3) is 0 Å². The molecule has 1 aromatic rings. The molecule has 0 amide bonds. The van der Waals surface area contributed by atoms with Crippen molar-refractivity contribution in [1.29, 1.82) is 5.26 Å². The summed E-state index contributed by atoms with van der Waals surface area (Å²) in [6, 6.07) is 11.9. The standard InChI is InChI=1S/C13H15NO2/c1-10(12-6-4-3-5-7-12)8-13(9-14)16-11(2)15/h3-7,10,13H,8H2,1-2H3/t10-,13-/m0/s1. The first-order valence-electron chi connectivity index (χ1n) is 5.25. The van der Waals surface area contributed by atoms with Crippen molar-refractivity contribution < 1.29 is 9.53 Å². The quantitative estimate of drug-likeness (QED) is 0.728. The smallest absolute Gasteiger partial charge is 0.303 e. The molecule has 0 fully saturated rings. The Morgan fingerprint density at radius 1 is 1.44 bits per heavy atom. The molecular weight excluding hydrogens is 202 g/mol. The van der Waals surface area contributed by atoms with Gasteiger partial charge < -0.3 is 4.74 Å². The molecular formula is C13H15NO2. The molecule has 1 rings (SSSR count). The van der Waals surface area contributed by atoms with Gasteiger partial charge >= 0.3 is 5.97 Å². The van der Waals surface area contributed by atoms with Crippen LogP contribution in [0.2, 0.25) is 0 Å². The Bertz CT molecular complexity index is 381. The molecule has 0 aliphatic heterocycles. The molecule has 0 aromatic heterocycles. The molecule has 0 spiro atoms. The minimum absolute atomic E-state index is 0.199. The van der Waals surface area contributed by atoms with Gasteiger partial charge in [-0.25, -0.2) is 0 Å². The second kappa shape index (κ2) is 5.92. The largest absolute Gasteiger partial charge is 0.447 e. The van der Waals surface area contributed by atoms with E-state index in [1.807, 2.05) is 43.3 Å². The van der Waals surface area contributed by atoms with Crippen LogP contribution in [-0.4, -0.2) is 12.1 Å². The summed E-state index contributed by atoms with van der Waals surface area (Å²) in [5.74, 6) is -0.211. The fourth-order valence-corrected chi connectivity index (χ4v) is 1.57. The van der Waals surface area contributed by atoms with E-state index in [0.717, 1.165) is 5.56 Å². The first-order chi connectivity index (χ1) is 7.63. The van der Waals surface area contributed by atoms with E-state index in [1.165, 1.54) is 6.92 Å². The van der Waals surface area contributed by atoms with Gasteiger partial charge in [-0.15, -0.1) is 0 Å². The van der Waals surface area contributed by atoms with Crippen LogP contribution in [-0.2, 0) is 9.53 Å². The van der Waals surface area contributed by atoms with Gasteiger partial charge in [-0.05, 0) is 11.5 Å². The minimum Gasteiger partial charge on any atom is -0.447 e. The van der Waals surface area contributed by atoms with E-state index in [4.69, 9.17) is 10.00 Å². The van der Waals surface area contributed by atoms with E-state index in [2.05, 4.69) is 0 Å². The number of rotatable bonds is 4. The first-order valence-corrected chi connectivity index (χ1v) is 5.25. The summed E-state index contributed by atoms with van der Waals surface area (Å²) < 4.78 is 4.89. The van der Waals surface area contributed by atoms with Gasteiger partial charge in [0.05, 0.1) is 0 Å². The summed E-state index contributed by atoms with van der Waals surface area (Å²) in [5.41, 5.74) is 1.15. The van der Waals surface area contributed by atoms with E-state index >= 15 is 0 Å². The van der Waals surface area contributed by atoms with Gasteiger partial charge in [-0.3, -0.25) is 4.79 Å². The summed E-state index contributed by atoms with van der Waals surface area (Å²) in [6.07, 6.45) is -0.132. The van der Waals surface area contributed by atoms with Gasteiger partial charge in [0, 0.05) is 13.3 Å². The van der Waals surface area contributed by atoms with Crippen LogP contribution in [0.25, 0.3) is 0 Å². The molecule has 0 saturated carbocycles. The molecule has 84 valence electrons. The molecule has 0 N–H and O–H groups in total. The van der Waals surface area contributed by atoms with Crippen LogP contribution < -0.4 is 0 Å². The molecule has 3 nitrogen and oxygen atoms in total. The van der Waals surface area contributed by atoms with E-state index in [1.54, 1.807) is 0 Å². The lowest BCUT2D eigenvalue weighted by molar-refractivity contribution is -0.144. The van der Waals surface area contributed by atoms with Crippen LogP contribution in [0.3, 0.4) is 0 Å². The predicted octanol–water partition coefficient (Wildman–Crippen LogP) is 2.64. The number of esters is 1. The van der Waals surface area contributed by atoms with Crippen LogP contribution >= 0.6 is 0 Å². The maximum absolute atomic E-state index is 10.8. The lowest BCUT2D eigenvalue weighted by atomic mass is 9.95. The maximum Gasteiger partial charge on any atom is 0.303 e. The van der Waals surface area contributed by atoms with Crippen molar-refractivity contribution in [3.63, 3.8) is 0 Å². The maximum atomic E-state index is 10.8. The fourth-order valence-electron chi connectivity index (χ4n) is 1.57. The zero-order chi connectivity index (χ0) is 12.0. The van der Waals surface area contributed by atoms with Crippen LogP contribution in [0.1, 0.15) is 31.7 Å². The Hall–Kier alpha value is -1.82. The highest BCUT2D eigenvalue weighted by Crippen LogP contribution is 2.21. The SMILES string of the molecule is CC(=O)O[C@H](C#N)C[C@H](C)c1ccccc1. The van der Waals surface area contributed by atoms with Crippen molar-refractivity contribution in [2.75, 3.05) is 0 Å². The van der Waals surface area contributed by atoms with Crippen LogP contribution in [0.4, 0.5) is 0 Å². The second-order valence-corrected chi connectivity index (χ2v) is 3.77. The van der Waals surface area contributed by atoms with Crippen LogP contribution in [0.5, 0.6) is 0 Å². The molecule has 0 unspecified atom stereocenters. The highest BCUT2D eigenvalue weighted by Gasteiger charge is 2.16. The van der Waals surface area contributed by atoms with E-state index in [0.29, 0.717) is 6.42 Å². The molecule has 0 saturated heterocycles. The van der Waals surface area contributed by atoms with E-state index < -0.39 is 12.1 Å². The topological polar surface area (TPSA) is 50.1 Å². The van der Waals surface area contributed by atoms with Gasteiger partial charge in [0.2, 0.25) is 0 Å². The molecule has 0 radical (unpaired) electrons. The summed E-state index contributed by atoms with van der Waals surface area (Å²) in [5, 5.41) is 8.84. The minimum atomic E-state index is -0.660. The number of ether oxygens (including phenoxy) is 1. The van der Waals surface area contributed by atoms with Gasteiger partial charge in [0.1, 0.15) is 6.07 Å². The summed E-state index contributed by atoms with van der Waals surface area (Å²) in [7, 11) is 0. The molecule has 0 aliphatic rings. The number of carbonyl (C=O) groups excluding carboxylic acids is 1. The molecule has 3 heteroatoms. The van der Waals surface area contributed by atoms with Gasteiger partial charge in [-0.2, -0.15) is 5.26 Å². The van der Waals surface area contributed by atoms with Crippen molar-refractivity contribution in [3.8, 4) is 6.07 Å². The zero-order valence-electron chi connectivity index (χ0n) is 9.51. The van der Waals surface area contributed by atoms with Crippen molar-refractivity contribution in [2.24, 2.45) is 0 Å². The highest BCUT2D eigenvalue weighted by molar-refractivity contribution is 5.66. The zero-order valence-corrected chi connectivity index (χ0v) is 9.51. The monoisotopic (exact) mass is 217 g/mol. The Balaban J connectivity index is 2.60. The van der Waals surface area contributed by atoms with E-state index in [9.17, 15) is 4.79 Å². The molecule has 16 heavy (non-hydrogen) atoms. The van der Waals surface area contributed by atoms with Crippen molar-refractivity contribution >= 4 is 5.97 Å². The van der Waals surface area contributed by atoms with Crippen molar-refractivity contribution in [1.82, 2.24) is 0 Å². The van der Waals surface area contributed by atoms with Crippen LogP contribution in [0.15, 0.2) is 30.3 Å². The number of benzene rings is 1. The van der Waals surface area contributed by atoms with Gasteiger partial charge in [-0.1, -0.05) is 37.3 Å². The molecule has 0 bridgehead atoms. The van der Waals surface area contributed by atoms with Crippen LogP contribution in [0, 0.1) is 11.3 Å². The normalized spacial score (nSPS) is 13.6. The second-order valence-electron chi connectivity index (χ2n) is 3.77. The molecule has 2 atom stereocenters. The van der Waals surface area contributed by atoms with E-state index in [-0.39, 0.29) is 5.92 Å². The lowest BCUT2D eigenvalue weighted by Crippen LogP contribution is -2.16. The average molecular weight is 217 g/mol. The molecule has 1 aromatic carbocycles. The first kappa shape index (κ1) is 12.3. The van der Waals surface area contributed by atoms with Gasteiger partial charge in [0.15, 0.2) is 6.10 Å². The Morgan fingerprint density at radius 2 is 2.06 bits per heavy atom. The highest BCUT2D eigenvalue weighted by atomic mass is 16.5. The number of carbonyl (C=O) groups is 1. The number of hydrogen-bond acceptors (Lipinski definition) is 3. The lowest BCUT2D eigenvalue weighted by Gasteiger charge is -2.15. The summed E-state index contributed by atoms with van der Waals surface area (Å²) in [4.78, 5) is 10.8. The van der Waals surface area contributed by atoms with Crippen molar-refractivity contribution in [3.05, 3.63) is 35.9 Å². The Morgan fingerprint density at radius 3 is 2.56 bits per heavy atom. The average Bonchev–Trinajstić information content (AvgIpc) is 2.28. The van der Waals surface area contributed by atoms with Crippen molar-refractivity contribution in [2.45, 2.75) is 32.3 Å². The number of hydrogen-bond donors (Lipinski definition) is 0. The third-order valence-electron chi connectivity index (χ3n) is 2.39. The molecule has 0 aliphatic carbocycles. The number of nitriles is 1. The third kappa shape index (κ3) is 3.74. The number of nitrogens with zero attached hydrogens (tertiary/aromatic N) is 1. The summed E-state index contributed by atoms with van der Waals surface area (Å²) >= 11 is 0. The Kier molecular flexibility index (Phi) is 4.53. The third-order valence-corrected chi connectivity index (χ3v) is 2.39. The molecule has 0 heterocycles.